The summed E-state index contributed by atoms with van der Waals surface area (Å²) in [6.07, 6.45) is 0. The van der Waals surface area contributed by atoms with Crippen LogP contribution in [0.25, 0.3) is 0 Å². The molecule has 3 heteroatoms. The lowest BCUT2D eigenvalue weighted by Gasteiger charge is -2.20. The minimum absolute atomic E-state index is 0.319. The molecule has 0 aliphatic rings. The lowest BCUT2D eigenvalue weighted by Crippen LogP contribution is -2.02. The van der Waals surface area contributed by atoms with Crippen molar-refractivity contribution < 1.29 is 14.2 Å². The van der Waals surface area contributed by atoms with Crippen LogP contribution in [0.2, 0.25) is 0 Å². The first-order valence-electron chi connectivity index (χ1n) is 5.36. The van der Waals surface area contributed by atoms with Crippen molar-refractivity contribution in [1.29, 1.82) is 0 Å². The molecule has 0 radical (unpaired) electrons. The molecule has 0 bridgehead atoms. The van der Waals surface area contributed by atoms with Gasteiger partial charge in [-0.1, -0.05) is 13.8 Å². The zero-order chi connectivity index (χ0) is 12.3. The zero-order valence-corrected chi connectivity index (χ0v) is 10.9. The van der Waals surface area contributed by atoms with Crippen LogP contribution < -0.4 is 14.2 Å². The fraction of sp³-hybridized carbons (Fsp3) is 0.538. The summed E-state index contributed by atoms with van der Waals surface area (Å²) >= 11 is 0. The van der Waals surface area contributed by atoms with Gasteiger partial charge in [0.15, 0.2) is 11.5 Å². The Kier molecular flexibility index (Phi) is 4.05. The van der Waals surface area contributed by atoms with Crippen LogP contribution in [-0.2, 0) is 0 Å². The average molecular weight is 224 g/mol. The summed E-state index contributed by atoms with van der Waals surface area (Å²) in [4.78, 5) is 0. The smallest absolute Gasteiger partial charge is 0.168 e. The van der Waals surface area contributed by atoms with Crippen molar-refractivity contribution in [1.82, 2.24) is 0 Å². The van der Waals surface area contributed by atoms with Gasteiger partial charge in [-0.05, 0) is 24.5 Å². The highest BCUT2D eigenvalue weighted by molar-refractivity contribution is 5.59. The van der Waals surface area contributed by atoms with Gasteiger partial charge in [0, 0.05) is 5.56 Å². The molecule has 1 aromatic carbocycles. The van der Waals surface area contributed by atoms with Gasteiger partial charge < -0.3 is 14.2 Å². The molecule has 0 fully saturated rings. The highest BCUT2D eigenvalue weighted by atomic mass is 16.5. The number of methoxy groups -OCH3 is 3. The maximum atomic E-state index is 5.45. The molecule has 0 amide bonds. The van der Waals surface area contributed by atoms with E-state index in [0.29, 0.717) is 5.92 Å². The van der Waals surface area contributed by atoms with E-state index in [1.807, 2.05) is 13.0 Å². The molecule has 0 atom stereocenters. The van der Waals surface area contributed by atoms with E-state index >= 15 is 0 Å². The van der Waals surface area contributed by atoms with E-state index in [1.165, 1.54) is 0 Å². The first-order valence-corrected chi connectivity index (χ1v) is 5.36. The predicted molar refractivity (Wildman–Crippen MR) is 64.9 cm³/mol. The number of aryl methyl sites for hydroxylation is 1. The Morgan fingerprint density at radius 3 is 1.88 bits per heavy atom. The molecule has 0 aliphatic heterocycles. The van der Waals surface area contributed by atoms with E-state index in [9.17, 15) is 0 Å². The minimum atomic E-state index is 0.319. The fourth-order valence-corrected chi connectivity index (χ4v) is 1.93. The van der Waals surface area contributed by atoms with Gasteiger partial charge >= 0.3 is 0 Å². The Hall–Kier alpha value is -1.38. The van der Waals surface area contributed by atoms with Crippen molar-refractivity contribution in [2.24, 2.45) is 0 Å². The van der Waals surface area contributed by atoms with Crippen molar-refractivity contribution in [2.75, 3.05) is 21.3 Å². The molecule has 0 unspecified atom stereocenters. The van der Waals surface area contributed by atoms with Crippen molar-refractivity contribution in [3.8, 4) is 17.2 Å². The van der Waals surface area contributed by atoms with Gasteiger partial charge in [-0.2, -0.15) is 0 Å². The second kappa shape index (κ2) is 5.10. The Morgan fingerprint density at radius 2 is 1.50 bits per heavy atom. The first kappa shape index (κ1) is 12.7. The average Bonchev–Trinajstić information content (AvgIpc) is 2.26. The summed E-state index contributed by atoms with van der Waals surface area (Å²) in [7, 11) is 4.98. The number of ether oxygens (including phenoxy) is 3. The van der Waals surface area contributed by atoms with Crippen molar-refractivity contribution >= 4 is 0 Å². The molecule has 0 aliphatic carbocycles. The van der Waals surface area contributed by atoms with Crippen LogP contribution in [-0.4, -0.2) is 21.3 Å². The van der Waals surface area contributed by atoms with Gasteiger partial charge in [0.1, 0.15) is 5.75 Å². The van der Waals surface area contributed by atoms with Gasteiger partial charge in [-0.25, -0.2) is 0 Å². The third kappa shape index (κ3) is 2.08. The largest absolute Gasteiger partial charge is 0.496 e. The second-order valence-corrected chi connectivity index (χ2v) is 4.03. The third-order valence-corrected chi connectivity index (χ3v) is 2.63. The van der Waals surface area contributed by atoms with Crippen LogP contribution in [0.15, 0.2) is 6.07 Å². The van der Waals surface area contributed by atoms with Crippen LogP contribution in [0.4, 0.5) is 0 Å². The number of hydrogen-bond donors (Lipinski definition) is 0. The van der Waals surface area contributed by atoms with E-state index < -0.39 is 0 Å². The van der Waals surface area contributed by atoms with E-state index in [-0.39, 0.29) is 0 Å². The Balaban J connectivity index is 3.52. The van der Waals surface area contributed by atoms with Crippen molar-refractivity contribution in [3.05, 3.63) is 17.2 Å². The van der Waals surface area contributed by atoms with Crippen LogP contribution >= 0.6 is 0 Å². The minimum Gasteiger partial charge on any atom is -0.496 e. The van der Waals surface area contributed by atoms with Gasteiger partial charge in [-0.15, -0.1) is 0 Å². The van der Waals surface area contributed by atoms with Gasteiger partial charge in [0.25, 0.3) is 0 Å². The molecule has 0 N–H and O–H groups in total. The lowest BCUT2D eigenvalue weighted by molar-refractivity contribution is 0.339. The Morgan fingerprint density at radius 1 is 0.938 bits per heavy atom. The maximum Gasteiger partial charge on any atom is 0.168 e. The molecule has 16 heavy (non-hydrogen) atoms. The summed E-state index contributed by atoms with van der Waals surface area (Å²) in [6, 6.07) is 1.98. The molecule has 1 aromatic rings. The molecule has 3 nitrogen and oxygen atoms in total. The molecule has 0 saturated carbocycles. The summed E-state index contributed by atoms with van der Waals surface area (Å²) in [5.74, 6) is 2.73. The highest BCUT2D eigenvalue weighted by Gasteiger charge is 2.20. The maximum absolute atomic E-state index is 5.45. The van der Waals surface area contributed by atoms with Gasteiger partial charge in [0.05, 0.1) is 21.3 Å². The standard InChI is InChI=1S/C13H20O3/c1-8(2)11-10(14-4)7-9(3)12(15-5)13(11)16-6/h7-8H,1-6H3. The number of hydrogen-bond acceptors (Lipinski definition) is 3. The van der Waals surface area contributed by atoms with E-state index in [4.69, 9.17) is 14.2 Å². The third-order valence-electron chi connectivity index (χ3n) is 2.63. The summed E-state index contributed by atoms with van der Waals surface area (Å²) in [5.41, 5.74) is 2.06. The van der Waals surface area contributed by atoms with Crippen molar-refractivity contribution in [2.45, 2.75) is 26.7 Å². The molecular weight excluding hydrogens is 204 g/mol. The number of benzene rings is 1. The monoisotopic (exact) mass is 224 g/mol. The van der Waals surface area contributed by atoms with E-state index in [2.05, 4.69) is 13.8 Å². The highest BCUT2D eigenvalue weighted by Crippen LogP contribution is 2.43. The summed E-state index contributed by atoms with van der Waals surface area (Å²) in [5, 5.41) is 0. The second-order valence-electron chi connectivity index (χ2n) is 4.03. The molecule has 1 rings (SSSR count). The lowest BCUT2D eigenvalue weighted by atomic mass is 9.98. The van der Waals surface area contributed by atoms with Crippen LogP contribution in [0, 0.1) is 6.92 Å². The van der Waals surface area contributed by atoms with Gasteiger partial charge in [0.2, 0.25) is 0 Å². The Labute approximate surface area is 97.3 Å². The Bertz CT molecular complexity index is 370. The number of rotatable bonds is 4. The fourth-order valence-electron chi connectivity index (χ4n) is 1.93. The molecule has 0 saturated heterocycles. The van der Waals surface area contributed by atoms with Crippen LogP contribution in [0.5, 0.6) is 17.2 Å². The van der Waals surface area contributed by atoms with Crippen molar-refractivity contribution in [3.63, 3.8) is 0 Å². The molecule has 0 spiro atoms. The summed E-state index contributed by atoms with van der Waals surface area (Å²) < 4.78 is 16.2. The van der Waals surface area contributed by atoms with Crippen LogP contribution in [0.1, 0.15) is 30.9 Å². The normalized spacial score (nSPS) is 10.4. The first-order chi connectivity index (χ1) is 7.56. The predicted octanol–water partition coefficient (Wildman–Crippen LogP) is 3.14. The topological polar surface area (TPSA) is 27.7 Å². The molecule has 90 valence electrons. The molecule has 0 heterocycles. The van der Waals surface area contributed by atoms with E-state index in [0.717, 1.165) is 28.4 Å². The van der Waals surface area contributed by atoms with E-state index in [1.54, 1.807) is 21.3 Å². The zero-order valence-electron chi connectivity index (χ0n) is 10.9. The molecule has 0 aromatic heterocycles. The quantitative estimate of drug-likeness (QED) is 0.786. The van der Waals surface area contributed by atoms with Gasteiger partial charge in [-0.3, -0.25) is 0 Å². The van der Waals surface area contributed by atoms with Crippen LogP contribution in [0.3, 0.4) is 0 Å². The molecular formula is C13H20O3. The summed E-state index contributed by atoms with van der Waals surface area (Å²) in [6.45, 7) is 6.19. The SMILES string of the molecule is COc1cc(C)c(OC)c(OC)c1C(C)C.